The Hall–Kier alpha value is -1.76. The van der Waals surface area contributed by atoms with Gasteiger partial charge in [0.05, 0.1) is 26.4 Å². The van der Waals surface area contributed by atoms with Gasteiger partial charge in [0.25, 0.3) is 0 Å². The summed E-state index contributed by atoms with van der Waals surface area (Å²) in [5.41, 5.74) is 0. The topological polar surface area (TPSA) is 71.1 Å². The molecule has 124 valence electrons. The third kappa shape index (κ3) is 4.13. The van der Waals surface area contributed by atoms with E-state index in [9.17, 15) is 9.59 Å². The van der Waals surface area contributed by atoms with Crippen LogP contribution in [0.2, 0.25) is 0 Å². The average molecular weight is 330 g/mol. The minimum atomic E-state index is -0.547. The molecule has 1 rings (SSSR count). The zero-order chi connectivity index (χ0) is 16.7. The molecule has 0 N–H and O–H groups in total. The van der Waals surface area contributed by atoms with Crippen LogP contribution < -0.4 is 9.47 Å². The molecular weight excluding hydrogens is 308 g/mol. The Morgan fingerprint density at radius 3 is 1.91 bits per heavy atom. The second kappa shape index (κ2) is 8.63. The molecular formula is C15H22O6S. The molecule has 0 radical (unpaired) electrons. The van der Waals surface area contributed by atoms with Gasteiger partial charge in [0.2, 0.25) is 0 Å². The third-order valence-electron chi connectivity index (χ3n) is 2.84. The summed E-state index contributed by atoms with van der Waals surface area (Å²) in [5.74, 6) is -0.635. The van der Waals surface area contributed by atoms with E-state index in [0.717, 1.165) is 17.8 Å². The van der Waals surface area contributed by atoms with E-state index >= 15 is 0 Å². The van der Waals surface area contributed by atoms with Crippen molar-refractivity contribution < 1.29 is 28.5 Å². The number of thiophene rings is 1. The SMILES string of the molecule is CCOC(=O)c1sc(C(=O)OCC)c(OC(C)CC)c1OC. The Labute approximate surface area is 134 Å². The van der Waals surface area contributed by atoms with Crippen LogP contribution in [0, 0.1) is 0 Å². The van der Waals surface area contributed by atoms with Crippen molar-refractivity contribution in [3.63, 3.8) is 0 Å². The fourth-order valence-corrected chi connectivity index (χ4v) is 2.63. The van der Waals surface area contributed by atoms with Gasteiger partial charge >= 0.3 is 11.9 Å². The van der Waals surface area contributed by atoms with Crippen LogP contribution in [0.25, 0.3) is 0 Å². The van der Waals surface area contributed by atoms with Crippen LogP contribution in [-0.2, 0) is 9.47 Å². The number of methoxy groups -OCH3 is 1. The molecule has 0 aliphatic rings. The summed E-state index contributed by atoms with van der Waals surface area (Å²) in [6.07, 6.45) is 0.613. The van der Waals surface area contributed by atoms with E-state index in [2.05, 4.69) is 0 Å². The lowest BCUT2D eigenvalue weighted by Gasteiger charge is -2.14. The maximum Gasteiger partial charge on any atom is 0.352 e. The van der Waals surface area contributed by atoms with Crippen LogP contribution in [0.4, 0.5) is 0 Å². The molecule has 0 amide bonds. The largest absolute Gasteiger partial charge is 0.491 e. The number of hydrogen-bond donors (Lipinski definition) is 0. The van der Waals surface area contributed by atoms with Crippen LogP contribution in [0.3, 0.4) is 0 Å². The quantitative estimate of drug-likeness (QED) is 0.681. The number of hydrogen-bond acceptors (Lipinski definition) is 7. The maximum absolute atomic E-state index is 12.1. The van der Waals surface area contributed by atoms with Crippen molar-refractivity contribution in [3.05, 3.63) is 9.75 Å². The fraction of sp³-hybridized carbons (Fsp3) is 0.600. The highest BCUT2D eigenvalue weighted by Crippen LogP contribution is 2.43. The smallest absolute Gasteiger partial charge is 0.352 e. The lowest BCUT2D eigenvalue weighted by atomic mass is 10.3. The van der Waals surface area contributed by atoms with Gasteiger partial charge in [-0.25, -0.2) is 9.59 Å². The molecule has 0 saturated carbocycles. The highest BCUT2D eigenvalue weighted by molar-refractivity contribution is 7.16. The zero-order valence-corrected chi connectivity index (χ0v) is 14.4. The fourth-order valence-electron chi connectivity index (χ4n) is 1.64. The van der Waals surface area contributed by atoms with Gasteiger partial charge in [0.15, 0.2) is 21.3 Å². The summed E-state index contributed by atoms with van der Waals surface area (Å²) in [5, 5.41) is 0. The van der Waals surface area contributed by atoms with Gasteiger partial charge in [-0.3, -0.25) is 0 Å². The van der Waals surface area contributed by atoms with Crippen molar-refractivity contribution in [1.82, 2.24) is 0 Å². The van der Waals surface area contributed by atoms with Crippen molar-refractivity contribution in [2.75, 3.05) is 20.3 Å². The Balaban J connectivity index is 3.33. The molecule has 7 heteroatoms. The highest BCUT2D eigenvalue weighted by Gasteiger charge is 2.31. The van der Waals surface area contributed by atoms with Crippen LogP contribution in [-0.4, -0.2) is 38.4 Å². The lowest BCUT2D eigenvalue weighted by molar-refractivity contribution is 0.0515. The maximum atomic E-state index is 12.1. The molecule has 0 fully saturated rings. The molecule has 1 unspecified atom stereocenters. The molecule has 1 aromatic rings. The molecule has 1 heterocycles. The van der Waals surface area contributed by atoms with Crippen LogP contribution in [0.5, 0.6) is 11.5 Å². The van der Waals surface area contributed by atoms with Crippen molar-refractivity contribution in [1.29, 1.82) is 0 Å². The average Bonchev–Trinajstić information content (AvgIpc) is 2.86. The molecule has 0 spiro atoms. The second-order valence-electron chi connectivity index (χ2n) is 4.40. The van der Waals surface area contributed by atoms with E-state index in [-0.39, 0.29) is 40.6 Å². The normalized spacial score (nSPS) is 11.7. The summed E-state index contributed by atoms with van der Waals surface area (Å²) in [4.78, 5) is 24.5. The number of rotatable bonds is 8. The summed E-state index contributed by atoms with van der Waals surface area (Å²) >= 11 is 0.960. The lowest BCUT2D eigenvalue weighted by Crippen LogP contribution is -2.13. The molecule has 0 bridgehead atoms. The molecule has 6 nitrogen and oxygen atoms in total. The number of carbonyl (C=O) groups is 2. The molecule has 0 saturated heterocycles. The first-order valence-corrected chi connectivity index (χ1v) is 8.03. The number of esters is 2. The first kappa shape index (κ1) is 18.3. The van der Waals surface area contributed by atoms with Crippen molar-refractivity contribution in [2.24, 2.45) is 0 Å². The van der Waals surface area contributed by atoms with Gasteiger partial charge in [0, 0.05) is 0 Å². The van der Waals surface area contributed by atoms with E-state index in [1.165, 1.54) is 7.11 Å². The second-order valence-corrected chi connectivity index (χ2v) is 5.42. The first-order chi connectivity index (χ1) is 10.5. The highest BCUT2D eigenvalue weighted by atomic mass is 32.1. The van der Waals surface area contributed by atoms with Crippen LogP contribution in [0.15, 0.2) is 0 Å². The van der Waals surface area contributed by atoms with Gasteiger partial charge in [-0.1, -0.05) is 6.92 Å². The van der Waals surface area contributed by atoms with E-state index in [0.29, 0.717) is 0 Å². The van der Waals surface area contributed by atoms with Crippen LogP contribution in [0.1, 0.15) is 53.5 Å². The van der Waals surface area contributed by atoms with Gasteiger partial charge in [0.1, 0.15) is 0 Å². The minimum Gasteiger partial charge on any atom is -0.491 e. The summed E-state index contributed by atoms with van der Waals surface area (Å²) in [6.45, 7) is 7.72. The molecule has 0 aliphatic carbocycles. The van der Waals surface area contributed by atoms with E-state index in [1.807, 2.05) is 13.8 Å². The first-order valence-electron chi connectivity index (χ1n) is 7.21. The minimum absolute atomic E-state index is 0.133. The Kier molecular flexibility index (Phi) is 7.17. The molecule has 1 atom stereocenters. The summed E-state index contributed by atoms with van der Waals surface area (Å²) in [7, 11) is 1.42. The third-order valence-corrected chi connectivity index (χ3v) is 3.95. The van der Waals surface area contributed by atoms with Crippen molar-refractivity contribution in [2.45, 2.75) is 40.2 Å². The van der Waals surface area contributed by atoms with Gasteiger partial charge in [-0.15, -0.1) is 11.3 Å². The zero-order valence-electron chi connectivity index (χ0n) is 13.6. The Morgan fingerprint density at radius 1 is 1.00 bits per heavy atom. The van der Waals surface area contributed by atoms with Crippen molar-refractivity contribution >= 4 is 23.3 Å². The van der Waals surface area contributed by atoms with Gasteiger partial charge in [-0.05, 0) is 27.2 Å². The summed E-state index contributed by atoms with van der Waals surface area (Å²) in [6, 6.07) is 0. The predicted molar refractivity (Wildman–Crippen MR) is 83.2 cm³/mol. The Morgan fingerprint density at radius 2 is 1.50 bits per heavy atom. The number of ether oxygens (including phenoxy) is 4. The Bertz CT molecular complexity index is 522. The monoisotopic (exact) mass is 330 g/mol. The van der Waals surface area contributed by atoms with E-state index in [1.54, 1.807) is 13.8 Å². The summed E-state index contributed by atoms with van der Waals surface area (Å²) < 4.78 is 21.1. The van der Waals surface area contributed by atoms with Gasteiger partial charge < -0.3 is 18.9 Å². The molecule has 0 aromatic carbocycles. The standard InChI is InChI=1S/C15H22O6S/c1-6-9(4)21-11-10(18-5)12(14(16)19-7-2)22-13(11)15(17)20-8-3/h9H,6-8H2,1-5H3. The van der Waals surface area contributed by atoms with Crippen molar-refractivity contribution in [3.8, 4) is 11.5 Å². The van der Waals surface area contributed by atoms with E-state index in [4.69, 9.17) is 18.9 Å². The molecule has 0 aliphatic heterocycles. The number of carbonyl (C=O) groups excluding carboxylic acids is 2. The van der Waals surface area contributed by atoms with E-state index < -0.39 is 11.9 Å². The van der Waals surface area contributed by atoms with Crippen LogP contribution >= 0.6 is 11.3 Å². The molecule has 1 aromatic heterocycles. The predicted octanol–water partition coefficient (Wildman–Crippen LogP) is 3.29. The van der Waals surface area contributed by atoms with Gasteiger partial charge in [-0.2, -0.15) is 0 Å². The molecule has 22 heavy (non-hydrogen) atoms.